The summed E-state index contributed by atoms with van der Waals surface area (Å²) in [6, 6.07) is 13.0. The average molecular weight is 337 g/mol. The Labute approximate surface area is 146 Å². The molecule has 0 fully saturated rings. The zero-order chi connectivity index (χ0) is 17.6. The predicted octanol–water partition coefficient (Wildman–Crippen LogP) is 4.06. The van der Waals surface area contributed by atoms with E-state index in [1.807, 2.05) is 36.4 Å². The summed E-state index contributed by atoms with van der Waals surface area (Å²) in [4.78, 5) is 16.3. The first-order chi connectivity index (χ1) is 12.2. The normalized spacial score (nSPS) is 10.5. The van der Waals surface area contributed by atoms with Crippen molar-refractivity contribution in [2.75, 3.05) is 13.7 Å². The van der Waals surface area contributed by atoms with Crippen LogP contribution in [0, 0.1) is 6.92 Å². The largest absolute Gasteiger partial charge is 0.497 e. The van der Waals surface area contributed by atoms with Gasteiger partial charge in [0.25, 0.3) is 0 Å². The Morgan fingerprint density at radius 1 is 1.20 bits per heavy atom. The first kappa shape index (κ1) is 16.8. The standard InChI is InChI=1S/C20H19NO4/c1-14-18(20(22)24-11-9-15-4-3-10-21-13-15)12-19(25-14)16-5-7-17(23-2)8-6-16/h3-8,10,12-13H,9,11H2,1-2H3. The van der Waals surface area contributed by atoms with Crippen molar-refractivity contribution in [2.45, 2.75) is 13.3 Å². The Bertz CT molecular complexity index is 838. The molecule has 0 bridgehead atoms. The van der Waals surface area contributed by atoms with E-state index in [9.17, 15) is 4.79 Å². The number of methoxy groups -OCH3 is 1. The van der Waals surface area contributed by atoms with Gasteiger partial charge in [0.05, 0.1) is 13.7 Å². The number of hydrogen-bond acceptors (Lipinski definition) is 5. The molecule has 0 amide bonds. The van der Waals surface area contributed by atoms with Crippen molar-refractivity contribution in [1.82, 2.24) is 4.98 Å². The fourth-order valence-corrected chi connectivity index (χ4v) is 2.47. The summed E-state index contributed by atoms with van der Waals surface area (Å²) in [7, 11) is 1.62. The van der Waals surface area contributed by atoms with E-state index < -0.39 is 0 Å². The molecule has 0 saturated heterocycles. The van der Waals surface area contributed by atoms with Crippen molar-refractivity contribution in [3.05, 3.63) is 71.7 Å². The number of carbonyl (C=O) groups excluding carboxylic acids is 1. The third-order valence-corrected chi connectivity index (χ3v) is 3.86. The molecule has 2 aromatic heterocycles. The maximum Gasteiger partial charge on any atom is 0.341 e. The van der Waals surface area contributed by atoms with Crippen LogP contribution in [0.3, 0.4) is 0 Å². The molecular formula is C20H19NO4. The van der Waals surface area contributed by atoms with Gasteiger partial charge in [0.15, 0.2) is 0 Å². The quantitative estimate of drug-likeness (QED) is 0.635. The Hall–Kier alpha value is -3.08. The van der Waals surface area contributed by atoms with Crippen molar-refractivity contribution in [3.63, 3.8) is 0 Å². The zero-order valence-corrected chi connectivity index (χ0v) is 14.2. The summed E-state index contributed by atoms with van der Waals surface area (Å²) < 4.78 is 16.2. The monoisotopic (exact) mass is 337 g/mol. The Kier molecular flexibility index (Phi) is 5.14. The number of hydrogen-bond donors (Lipinski definition) is 0. The highest BCUT2D eigenvalue weighted by Gasteiger charge is 2.17. The molecule has 25 heavy (non-hydrogen) atoms. The van der Waals surface area contributed by atoms with Gasteiger partial charge in [-0.05, 0) is 48.9 Å². The van der Waals surface area contributed by atoms with Crippen LogP contribution in [0.1, 0.15) is 21.7 Å². The van der Waals surface area contributed by atoms with Crippen molar-refractivity contribution in [2.24, 2.45) is 0 Å². The molecular weight excluding hydrogens is 318 g/mol. The van der Waals surface area contributed by atoms with E-state index in [0.717, 1.165) is 16.9 Å². The van der Waals surface area contributed by atoms with Crippen LogP contribution in [0.4, 0.5) is 0 Å². The summed E-state index contributed by atoms with van der Waals surface area (Å²) >= 11 is 0. The van der Waals surface area contributed by atoms with Gasteiger partial charge in [0, 0.05) is 24.4 Å². The minimum absolute atomic E-state index is 0.299. The lowest BCUT2D eigenvalue weighted by molar-refractivity contribution is 0.0507. The topological polar surface area (TPSA) is 61.6 Å². The van der Waals surface area contributed by atoms with E-state index in [0.29, 0.717) is 30.1 Å². The van der Waals surface area contributed by atoms with E-state index >= 15 is 0 Å². The van der Waals surface area contributed by atoms with E-state index in [1.165, 1.54) is 0 Å². The molecule has 0 saturated carbocycles. The van der Waals surface area contributed by atoms with Crippen LogP contribution >= 0.6 is 0 Å². The number of furan rings is 1. The smallest absolute Gasteiger partial charge is 0.341 e. The van der Waals surface area contributed by atoms with Crippen LogP contribution < -0.4 is 4.74 Å². The van der Waals surface area contributed by atoms with Gasteiger partial charge in [-0.1, -0.05) is 6.07 Å². The molecule has 5 nitrogen and oxygen atoms in total. The van der Waals surface area contributed by atoms with Crippen LogP contribution in [0.25, 0.3) is 11.3 Å². The number of esters is 1. The number of aromatic nitrogens is 1. The van der Waals surface area contributed by atoms with Crippen molar-refractivity contribution in [3.8, 4) is 17.1 Å². The molecule has 0 spiro atoms. The van der Waals surface area contributed by atoms with Crippen LogP contribution in [0.2, 0.25) is 0 Å². The number of carbonyl (C=O) groups is 1. The van der Waals surface area contributed by atoms with Crippen molar-refractivity contribution < 1.29 is 18.7 Å². The predicted molar refractivity (Wildman–Crippen MR) is 93.7 cm³/mol. The Morgan fingerprint density at radius 2 is 2.00 bits per heavy atom. The van der Waals surface area contributed by atoms with Crippen LogP contribution in [-0.4, -0.2) is 24.7 Å². The van der Waals surface area contributed by atoms with Gasteiger partial charge in [0.1, 0.15) is 22.8 Å². The van der Waals surface area contributed by atoms with Gasteiger partial charge in [-0.25, -0.2) is 4.79 Å². The maximum absolute atomic E-state index is 12.3. The van der Waals surface area contributed by atoms with Gasteiger partial charge in [0.2, 0.25) is 0 Å². The molecule has 0 N–H and O–H groups in total. The molecule has 0 atom stereocenters. The highest BCUT2D eigenvalue weighted by atomic mass is 16.5. The minimum atomic E-state index is -0.384. The number of ether oxygens (including phenoxy) is 2. The second-order valence-electron chi connectivity index (χ2n) is 5.56. The van der Waals surface area contributed by atoms with Gasteiger partial charge < -0.3 is 13.9 Å². The van der Waals surface area contributed by atoms with Gasteiger partial charge in [-0.2, -0.15) is 0 Å². The Morgan fingerprint density at radius 3 is 2.68 bits per heavy atom. The fraction of sp³-hybridized carbons (Fsp3) is 0.200. The molecule has 1 aromatic carbocycles. The lowest BCUT2D eigenvalue weighted by atomic mass is 10.1. The molecule has 0 aliphatic rings. The second kappa shape index (κ2) is 7.66. The minimum Gasteiger partial charge on any atom is -0.497 e. The van der Waals surface area contributed by atoms with Gasteiger partial charge >= 0.3 is 5.97 Å². The molecule has 128 valence electrons. The van der Waals surface area contributed by atoms with Crippen LogP contribution in [-0.2, 0) is 11.2 Å². The molecule has 0 aliphatic heterocycles. The molecule has 3 aromatic rings. The second-order valence-corrected chi connectivity index (χ2v) is 5.56. The summed E-state index contributed by atoms with van der Waals surface area (Å²) in [5.41, 5.74) is 2.34. The maximum atomic E-state index is 12.3. The molecule has 0 aliphatic carbocycles. The highest BCUT2D eigenvalue weighted by Crippen LogP contribution is 2.27. The van der Waals surface area contributed by atoms with E-state index in [-0.39, 0.29) is 5.97 Å². The van der Waals surface area contributed by atoms with E-state index in [4.69, 9.17) is 13.9 Å². The number of rotatable bonds is 6. The number of benzene rings is 1. The highest BCUT2D eigenvalue weighted by molar-refractivity contribution is 5.91. The summed E-state index contributed by atoms with van der Waals surface area (Å²) in [6.45, 7) is 2.05. The molecule has 0 unspecified atom stereocenters. The number of aryl methyl sites for hydroxylation is 1. The summed E-state index contributed by atoms with van der Waals surface area (Å²) in [6.07, 6.45) is 4.10. The molecule has 5 heteroatoms. The average Bonchev–Trinajstić information content (AvgIpc) is 3.04. The third-order valence-electron chi connectivity index (χ3n) is 3.86. The fourth-order valence-electron chi connectivity index (χ4n) is 2.47. The molecule has 3 rings (SSSR count). The number of pyridine rings is 1. The van der Waals surface area contributed by atoms with Crippen LogP contribution in [0.5, 0.6) is 5.75 Å². The number of nitrogens with zero attached hydrogens (tertiary/aromatic N) is 1. The van der Waals surface area contributed by atoms with E-state index in [2.05, 4.69) is 4.98 Å². The van der Waals surface area contributed by atoms with Crippen LogP contribution in [0.15, 0.2) is 59.3 Å². The first-order valence-corrected chi connectivity index (χ1v) is 7.98. The van der Waals surface area contributed by atoms with E-state index in [1.54, 1.807) is 32.5 Å². The SMILES string of the molecule is COc1ccc(-c2cc(C(=O)OCCc3cccnc3)c(C)o2)cc1. The zero-order valence-electron chi connectivity index (χ0n) is 14.2. The van der Waals surface area contributed by atoms with Crippen molar-refractivity contribution >= 4 is 5.97 Å². The van der Waals surface area contributed by atoms with Gasteiger partial charge in [-0.3, -0.25) is 4.98 Å². The van der Waals surface area contributed by atoms with Gasteiger partial charge in [-0.15, -0.1) is 0 Å². The Balaban J connectivity index is 1.65. The molecule has 0 radical (unpaired) electrons. The lowest BCUT2D eigenvalue weighted by Gasteiger charge is -2.03. The first-order valence-electron chi connectivity index (χ1n) is 7.98. The summed E-state index contributed by atoms with van der Waals surface area (Å²) in [5, 5.41) is 0. The lowest BCUT2D eigenvalue weighted by Crippen LogP contribution is -2.08. The summed E-state index contributed by atoms with van der Waals surface area (Å²) in [5.74, 6) is 1.54. The third kappa shape index (κ3) is 4.07. The van der Waals surface area contributed by atoms with Crippen molar-refractivity contribution in [1.29, 1.82) is 0 Å². The molecule has 2 heterocycles.